The predicted molar refractivity (Wildman–Crippen MR) is 102 cm³/mol. The average molecular weight is 350 g/mol. The van der Waals surface area contributed by atoms with Gasteiger partial charge in [0.2, 0.25) is 0 Å². The summed E-state index contributed by atoms with van der Waals surface area (Å²) in [5, 5.41) is 19.4. The molecule has 1 unspecified atom stereocenters. The molecule has 0 aliphatic heterocycles. The fraction of sp³-hybridized carbons (Fsp3) is 0.200. The maximum Gasteiger partial charge on any atom is 0.319 e. The standard InChI is InChI=1S/C20H22N4O2/c1-15(7-8-16-9-11-17(25)12-10-16)22-20(26)23-18-5-2-3-6-19(18)24-14-4-13-21-24/h2-6,9-15,25H,7-8H2,1H3,(H2,22,23,26). The van der Waals surface area contributed by atoms with Crippen molar-refractivity contribution < 1.29 is 9.90 Å². The summed E-state index contributed by atoms with van der Waals surface area (Å²) in [6.07, 6.45) is 5.16. The van der Waals surface area contributed by atoms with Gasteiger partial charge in [-0.3, -0.25) is 0 Å². The number of urea groups is 1. The van der Waals surface area contributed by atoms with E-state index in [1.807, 2.05) is 55.6 Å². The summed E-state index contributed by atoms with van der Waals surface area (Å²) in [7, 11) is 0. The molecule has 26 heavy (non-hydrogen) atoms. The molecule has 1 heterocycles. The van der Waals surface area contributed by atoms with Crippen molar-refractivity contribution >= 4 is 11.7 Å². The second-order valence-electron chi connectivity index (χ2n) is 6.17. The monoisotopic (exact) mass is 350 g/mol. The maximum atomic E-state index is 12.3. The SMILES string of the molecule is CC(CCc1ccc(O)cc1)NC(=O)Nc1ccccc1-n1cccn1. The van der Waals surface area contributed by atoms with Gasteiger partial charge in [-0.2, -0.15) is 5.10 Å². The molecule has 0 radical (unpaired) electrons. The van der Waals surface area contributed by atoms with Crippen molar-refractivity contribution in [3.63, 3.8) is 0 Å². The molecule has 0 saturated carbocycles. The molecule has 2 amide bonds. The lowest BCUT2D eigenvalue weighted by Gasteiger charge is -2.16. The van der Waals surface area contributed by atoms with Gasteiger partial charge in [-0.15, -0.1) is 0 Å². The van der Waals surface area contributed by atoms with Crippen LogP contribution in [0, 0.1) is 0 Å². The number of anilines is 1. The van der Waals surface area contributed by atoms with E-state index in [9.17, 15) is 9.90 Å². The van der Waals surface area contributed by atoms with Crippen LogP contribution in [-0.4, -0.2) is 27.0 Å². The minimum Gasteiger partial charge on any atom is -0.508 e. The summed E-state index contributed by atoms with van der Waals surface area (Å²) in [4.78, 5) is 12.3. The first-order valence-electron chi connectivity index (χ1n) is 8.56. The fourth-order valence-electron chi connectivity index (χ4n) is 2.69. The maximum absolute atomic E-state index is 12.3. The summed E-state index contributed by atoms with van der Waals surface area (Å²) >= 11 is 0. The van der Waals surface area contributed by atoms with Crippen molar-refractivity contribution in [3.05, 3.63) is 72.6 Å². The Morgan fingerprint density at radius 3 is 2.65 bits per heavy atom. The average Bonchev–Trinajstić information content (AvgIpc) is 3.16. The highest BCUT2D eigenvalue weighted by Crippen LogP contribution is 2.19. The van der Waals surface area contributed by atoms with Crippen molar-refractivity contribution in [2.75, 3.05) is 5.32 Å². The lowest BCUT2D eigenvalue weighted by molar-refractivity contribution is 0.248. The number of nitrogens with one attached hydrogen (secondary N) is 2. The van der Waals surface area contributed by atoms with Crippen LogP contribution in [0.4, 0.5) is 10.5 Å². The number of aromatic nitrogens is 2. The van der Waals surface area contributed by atoms with E-state index in [4.69, 9.17) is 0 Å². The molecule has 0 fully saturated rings. The number of nitrogens with zero attached hydrogens (tertiary/aromatic N) is 2. The molecule has 0 aliphatic rings. The quantitative estimate of drug-likeness (QED) is 0.634. The minimum absolute atomic E-state index is 0.0145. The third-order valence-corrected chi connectivity index (χ3v) is 4.08. The molecular weight excluding hydrogens is 328 g/mol. The van der Waals surface area contributed by atoms with Crippen molar-refractivity contribution in [1.29, 1.82) is 0 Å². The van der Waals surface area contributed by atoms with Crippen LogP contribution in [0.3, 0.4) is 0 Å². The molecule has 0 spiro atoms. The van der Waals surface area contributed by atoms with Crippen molar-refractivity contribution in [3.8, 4) is 11.4 Å². The molecule has 1 atom stereocenters. The van der Waals surface area contributed by atoms with E-state index in [1.54, 1.807) is 23.0 Å². The number of phenols is 1. The summed E-state index contributed by atoms with van der Waals surface area (Å²) in [5.74, 6) is 0.259. The highest BCUT2D eigenvalue weighted by atomic mass is 16.3. The van der Waals surface area contributed by atoms with E-state index in [0.717, 1.165) is 24.1 Å². The minimum atomic E-state index is -0.247. The van der Waals surface area contributed by atoms with E-state index in [2.05, 4.69) is 15.7 Å². The summed E-state index contributed by atoms with van der Waals surface area (Å²) in [5.41, 5.74) is 2.63. The number of carbonyl (C=O) groups is 1. The van der Waals surface area contributed by atoms with Crippen LogP contribution in [0.25, 0.3) is 5.69 Å². The van der Waals surface area contributed by atoms with Crippen LogP contribution in [0.1, 0.15) is 18.9 Å². The largest absolute Gasteiger partial charge is 0.508 e. The van der Waals surface area contributed by atoms with E-state index in [1.165, 1.54) is 0 Å². The van der Waals surface area contributed by atoms with Crippen molar-refractivity contribution in [2.45, 2.75) is 25.8 Å². The van der Waals surface area contributed by atoms with Gasteiger partial charge in [0.25, 0.3) is 0 Å². The summed E-state index contributed by atoms with van der Waals surface area (Å²) < 4.78 is 1.71. The molecule has 6 heteroatoms. The van der Waals surface area contributed by atoms with Gasteiger partial charge in [0.15, 0.2) is 0 Å². The van der Waals surface area contributed by atoms with E-state index >= 15 is 0 Å². The number of carbonyl (C=O) groups excluding carboxylic acids is 1. The third kappa shape index (κ3) is 4.63. The Morgan fingerprint density at radius 1 is 1.15 bits per heavy atom. The number of aryl methyl sites for hydroxylation is 1. The second kappa shape index (κ2) is 8.20. The van der Waals surface area contributed by atoms with Gasteiger partial charge in [0.05, 0.1) is 11.4 Å². The Bertz CT molecular complexity index is 845. The number of benzene rings is 2. The van der Waals surface area contributed by atoms with E-state index < -0.39 is 0 Å². The van der Waals surface area contributed by atoms with Gasteiger partial charge in [-0.25, -0.2) is 9.48 Å². The molecule has 6 nitrogen and oxygen atoms in total. The zero-order valence-electron chi connectivity index (χ0n) is 14.6. The van der Waals surface area contributed by atoms with Crippen molar-refractivity contribution in [1.82, 2.24) is 15.1 Å². The van der Waals surface area contributed by atoms with Crippen LogP contribution < -0.4 is 10.6 Å². The topological polar surface area (TPSA) is 79.2 Å². The van der Waals surface area contributed by atoms with Gasteiger partial charge in [0.1, 0.15) is 5.75 Å². The first-order chi connectivity index (χ1) is 12.6. The number of aromatic hydroxyl groups is 1. The number of para-hydroxylation sites is 2. The number of rotatable bonds is 6. The number of hydrogen-bond donors (Lipinski definition) is 3. The normalized spacial score (nSPS) is 11.7. The van der Waals surface area contributed by atoms with Gasteiger partial charge >= 0.3 is 6.03 Å². The van der Waals surface area contributed by atoms with Gasteiger partial charge in [-0.05, 0) is 55.7 Å². The highest BCUT2D eigenvalue weighted by molar-refractivity contribution is 5.91. The highest BCUT2D eigenvalue weighted by Gasteiger charge is 2.11. The summed E-state index contributed by atoms with van der Waals surface area (Å²) in [6, 6.07) is 16.3. The number of hydrogen-bond acceptors (Lipinski definition) is 3. The van der Waals surface area contributed by atoms with Crippen LogP contribution in [0.2, 0.25) is 0 Å². The first kappa shape index (κ1) is 17.5. The Balaban J connectivity index is 1.55. The zero-order valence-corrected chi connectivity index (χ0v) is 14.6. The van der Waals surface area contributed by atoms with Gasteiger partial charge < -0.3 is 15.7 Å². The summed E-state index contributed by atoms with van der Waals surface area (Å²) in [6.45, 7) is 1.97. The molecule has 1 aromatic heterocycles. The second-order valence-corrected chi connectivity index (χ2v) is 6.17. The number of amides is 2. The molecule has 2 aromatic carbocycles. The molecule has 3 aromatic rings. The number of phenolic OH excluding ortho intramolecular Hbond substituents is 1. The van der Waals surface area contributed by atoms with Crippen LogP contribution in [-0.2, 0) is 6.42 Å². The van der Waals surface area contributed by atoms with E-state index in [0.29, 0.717) is 5.69 Å². The van der Waals surface area contributed by atoms with Gasteiger partial charge in [0, 0.05) is 18.4 Å². The third-order valence-electron chi connectivity index (χ3n) is 4.08. The Kier molecular flexibility index (Phi) is 5.53. The lowest BCUT2D eigenvalue weighted by atomic mass is 10.1. The molecule has 0 bridgehead atoms. The molecular formula is C20H22N4O2. The van der Waals surface area contributed by atoms with Crippen LogP contribution >= 0.6 is 0 Å². The zero-order chi connectivity index (χ0) is 18.4. The Labute approximate surface area is 152 Å². The first-order valence-corrected chi connectivity index (χ1v) is 8.56. The Hall–Kier alpha value is -3.28. The molecule has 3 N–H and O–H groups in total. The molecule has 3 rings (SSSR count). The van der Waals surface area contributed by atoms with Crippen molar-refractivity contribution in [2.24, 2.45) is 0 Å². The smallest absolute Gasteiger partial charge is 0.319 e. The Morgan fingerprint density at radius 2 is 1.92 bits per heavy atom. The fourth-order valence-corrected chi connectivity index (χ4v) is 2.69. The molecule has 134 valence electrons. The van der Waals surface area contributed by atoms with Gasteiger partial charge in [-0.1, -0.05) is 24.3 Å². The molecule has 0 saturated heterocycles. The predicted octanol–water partition coefficient (Wildman–Crippen LogP) is 3.72. The van der Waals surface area contributed by atoms with E-state index in [-0.39, 0.29) is 17.8 Å². The molecule has 0 aliphatic carbocycles. The van der Waals surface area contributed by atoms with Crippen LogP contribution in [0.15, 0.2) is 67.0 Å². The van der Waals surface area contributed by atoms with Crippen LogP contribution in [0.5, 0.6) is 5.75 Å². The lowest BCUT2D eigenvalue weighted by Crippen LogP contribution is -2.36.